The quantitative estimate of drug-likeness (QED) is 0.745. The summed E-state index contributed by atoms with van der Waals surface area (Å²) < 4.78 is 2.29. The zero-order chi connectivity index (χ0) is 16.2. The molecule has 0 amide bonds. The average Bonchev–Trinajstić information content (AvgIpc) is 3.15. The first kappa shape index (κ1) is 16.8. The highest BCUT2D eigenvalue weighted by atomic mass is 32.2. The molecule has 124 valence electrons. The second kappa shape index (κ2) is 7.69. The van der Waals surface area contributed by atoms with Crippen LogP contribution in [0.5, 0.6) is 0 Å². The van der Waals surface area contributed by atoms with Crippen LogP contribution in [0.15, 0.2) is 23.6 Å². The van der Waals surface area contributed by atoms with Gasteiger partial charge in [0, 0.05) is 53.0 Å². The predicted molar refractivity (Wildman–Crippen MR) is 100 cm³/mol. The fourth-order valence-corrected chi connectivity index (χ4v) is 4.83. The van der Waals surface area contributed by atoms with Crippen LogP contribution >= 0.6 is 23.1 Å². The summed E-state index contributed by atoms with van der Waals surface area (Å²) in [5, 5.41) is 2.12. The van der Waals surface area contributed by atoms with Crippen molar-refractivity contribution in [1.29, 1.82) is 0 Å². The van der Waals surface area contributed by atoms with Gasteiger partial charge in [0.1, 0.15) is 0 Å². The van der Waals surface area contributed by atoms with Gasteiger partial charge in [-0.3, -0.25) is 9.69 Å². The predicted octanol–water partition coefficient (Wildman–Crippen LogP) is 3.64. The van der Waals surface area contributed by atoms with Gasteiger partial charge in [0.15, 0.2) is 5.78 Å². The average molecular weight is 349 g/mol. The molecule has 0 unspecified atom stereocenters. The van der Waals surface area contributed by atoms with Crippen molar-refractivity contribution in [1.82, 2.24) is 9.47 Å². The molecular weight excluding hydrogens is 324 g/mol. The van der Waals surface area contributed by atoms with Crippen LogP contribution in [-0.4, -0.2) is 46.4 Å². The Hall–Kier alpha value is -1.04. The third kappa shape index (κ3) is 4.08. The smallest absolute Gasteiger partial charge is 0.178 e. The Morgan fingerprint density at radius 3 is 2.74 bits per heavy atom. The number of aromatic nitrogens is 1. The lowest BCUT2D eigenvalue weighted by Crippen LogP contribution is -2.36. The fourth-order valence-electron chi connectivity index (χ4n) is 3.15. The molecule has 0 N–H and O–H groups in total. The molecule has 0 aliphatic carbocycles. The number of Topliss-reactive ketones (excluding diaryl/α,β-unsaturated/α-hetero) is 1. The molecule has 0 saturated carbocycles. The van der Waals surface area contributed by atoms with Gasteiger partial charge < -0.3 is 4.57 Å². The summed E-state index contributed by atoms with van der Waals surface area (Å²) in [7, 11) is 0. The lowest BCUT2D eigenvalue weighted by molar-refractivity contribution is 0.0936. The van der Waals surface area contributed by atoms with Crippen LogP contribution in [0.3, 0.4) is 0 Å². The van der Waals surface area contributed by atoms with Crippen molar-refractivity contribution in [3.8, 4) is 0 Å². The van der Waals surface area contributed by atoms with E-state index < -0.39 is 0 Å². The summed E-state index contributed by atoms with van der Waals surface area (Å²) in [5.41, 5.74) is 3.22. The monoisotopic (exact) mass is 348 g/mol. The Morgan fingerprint density at radius 1 is 1.26 bits per heavy atom. The van der Waals surface area contributed by atoms with Crippen LogP contribution in [-0.2, 0) is 13.0 Å². The number of aryl methyl sites for hydroxylation is 2. The summed E-state index contributed by atoms with van der Waals surface area (Å²) in [5.74, 6) is 2.56. The maximum Gasteiger partial charge on any atom is 0.178 e. The van der Waals surface area contributed by atoms with E-state index in [2.05, 4.69) is 46.9 Å². The van der Waals surface area contributed by atoms with Crippen molar-refractivity contribution < 1.29 is 4.79 Å². The van der Waals surface area contributed by atoms with Crippen LogP contribution < -0.4 is 0 Å². The van der Waals surface area contributed by atoms with E-state index in [-0.39, 0.29) is 5.78 Å². The van der Waals surface area contributed by atoms with E-state index in [9.17, 15) is 4.79 Å². The minimum absolute atomic E-state index is 0.271. The van der Waals surface area contributed by atoms with E-state index >= 15 is 0 Å². The highest BCUT2D eigenvalue weighted by Crippen LogP contribution is 2.19. The summed E-state index contributed by atoms with van der Waals surface area (Å²) in [6.45, 7) is 7.78. The third-order valence-corrected chi connectivity index (χ3v) is 6.39. The SMILES string of the molecule is Cc1cc(C(=O)CN2CCSCC2)c(C)n1CCc1cccs1. The first-order valence-corrected chi connectivity index (χ1v) is 10.2. The summed E-state index contributed by atoms with van der Waals surface area (Å²) in [6.07, 6.45) is 1.03. The number of hydrogen-bond donors (Lipinski definition) is 0. The van der Waals surface area contributed by atoms with E-state index in [1.165, 1.54) is 10.6 Å². The van der Waals surface area contributed by atoms with Gasteiger partial charge in [0.05, 0.1) is 6.54 Å². The molecule has 0 radical (unpaired) electrons. The first-order valence-electron chi connectivity index (χ1n) is 8.17. The number of thiophene rings is 1. The molecule has 2 aromatic heterocycles. The number of carbonyl (C=O) groups is 1. The second-order valence-electron chi connectivity index (χ2n) is 6.08. The zero-order valence-electron chi connectivity index (χ0n) is 13.9. The first-order chi connectivity index (χ1) is 11.1. The normalized spacial score (nSPS) is 15.9. The van der Waals surface area contributed by atoms with Gasteiger partial charge in [0.2, 0.25) is 0 Å². The lowest BCUT2D eigenvalue weighted by Gasteiger charge is -2.25. The molecule has 3 rings (SSSR count). The molecular formula is C18H24N2OS2. The molecule has 1 aliphatic heterocycles. The maximum atomic E-state index is 12.7. The van der Waals surface area contributed by atoms with Gasteiger partial charge in [-0.05, 0) is 37.8 Å². The Bertz CT molecular complexity index is 655. The molecule has 5 heteroatoms. The topological polar surface area (TPSA) is 25.2 Å². The standard InChI is InChI=1S/C18H24N2OS2/c1-14-12-17(18(21)13-19-7-10-22-11-8-19)15(2)20(14)6-5-16-4-3-9-23-16/h3-4,9,12H,5-8,10-11,13H2,1-2H3. The van der Waals surface area contributed by atoms with Crippen molar-refractivity contribution in [3.05, 3.63) is 45.4 Å². The number of hydrogen-bond acceptors (Lipinski definition) is 4. The Balaban J connectivity index is 1.67. The molecule has 3 heterocycles. The minimum atomic E-state index is 0.271. The largest absolute Gasteiger partial charge is 0.348 e. The molecule has 1 fully saturated rings. The molecule has 23 heavy (non-hydrogen) atoms. The molecule has 2 aromatic rings. The van der Waals surface area contributed by atoms with E-state index in [0.717, 1.165) is 48.8 Å². The summed E-state index contributed by atoms with van der Waals surface area (Å²) in [6, 6.07) is 6.35. The van der Waals surface area contributed by atoms with Crippen molar-refractivity contribution in [2.75, 3.05) is 31.1 Å². The molecule has 1 aliphatic rings. The van der Waals surface area contributed by atoms with Gasteiger partial charge >= 0.3 is 0 Å². The van der Waals surface area contributed by atoms with E-state index in [4.69, 9.17) is 0 Å². The minimum Gasteiger partial charge on any atom is -0.348 e. The van der Waals surface area contributed by atoms with Crippen LogP contribution in [0.2, 0.25) is 0 Å². The Kier molecular flexibility index (Phi) is 5.62. The highest BCUT2D eigenvalue weighted by Gasteiger charge is 2.19. The van der Waals surface area contributed by atoms with Crippen LogP contribution in [0.25, 0.3) is 0 Å². The molecule has 0 atom stereocenters. The number of thioether (sulfide) groups is 1. The molecule has 0 aromatic carbocycles. The van der Waals surface area contributed by atoms with Gasteiger partial charge in [-0.1, -0.05) is 6.07 Å². The molecule has 3 nitrogen and oxygen atoms in total. The highest BCUT2D eigenvalue weighted by molar-refractivity contribution is 7.99. The second-order valence-corrected chi connectivity index (χ2v) is 8.33. The van der Waals surface area contributed by atoms with Crippen molar-refractivity contribution in [3.63, 3.8) is 0 Å². The van der Waals surface area contributed by atoms with Crippen LogP contribution in [0.1, 0.15) is 26.6 Å². The molecule has 0 bridgehead atoms. The number of rotatable bonds is 6. The number of ketones is 1. The van der Waals surface area contributed by atoms with Crippen molar-refractivity contribution >= 4 is 28.9 Å². The summed E-state index contributed by atoms with van der Waals surface area (Å²) >= 11 is 3.78. The van der Waals surface area contributed by atoms with Crippen LogP contribution in [0.4, 0.5) is 0 Å². The maximum absolute atomic E-state index is 12.7. The van der Waals surface area contributed by atoms with Crippen molar-refractivity contribution in [2.45, 2.75) is 26.8 Å². The van der Waals surface area contributed by atoms with Gasteiger partial charge in [-0.25, -0.2) is 0 Å². The Morgan fingerprint density at radius 2 is 2.04 bits per heavy atom. The Labute approximate surface area is 146 Å². The van der Waals surface area contributed by atoms with Gasteiger partial charge in [0.25, 0.3) is 0 Å². The van der Waals surface area contributed by atoms with Gasteiger partial charge in [-0.15, -0.1) is 11.3 Å². The fraction of sp³-hybridized carbons (Fsp3) is 0.500. The third-order valence-electron chi connectivity index (χ3n) is 4.51. The summed E-state index contributed by atoms with van der Waals surface area (Å²) in [4.78, 5) is 16.4. The van der Waals surface area contributed by atoms with E-state index in [1.54, 1.807) is 11.3 Å². The lowest BCUT2D eigenvalue weighted by atomic mass is 10.1. The van der Waals surface area contributed by atoms with Gasteiger partial charge in [-0.2, -0.15) is 11.8 Å². The molecule has 1 saturated heterocycles. The number of nitrogens with zero attached hydrogens (tertiary/aromatic N) is 2. The van der Waals surface area contributed by atoms with Crippen LogP contribution in [0, 0.1) is 13.8 Å². The zero-order valence-corrected chi connectivity index (χ0v) is 15.5. The van der Waals surface area contributed by atoms with E-state index in [1.807, 2.05) is 11.8 Å². The molecule has 0 spiro atoms. The van der Waals surface area contributed by atoms with Crippen molar-refractivity contribution in [2.24, 2.45) is 0 Å². The van der Waals surface area contributed by atoms with E-state index in [0.29, 0.717) is 6.54 Å². The number of carbonyl (C=O) groups excluding carboxylic acids is 1.